The Kier molecular flexibility index (Phi) is 4.31. The molecule has 0 saturated heterocycles. The summed E-state index contributed by atoms with van der Waals surface area (Å²) < 4.78 is 1.07. The van der Waals surface area contributed by atoms with Gasteiger partial charge in [-0.3, -0.25) is 0 Å². The van der Waals surface area contributed by atoms with Crippen LogP contribution in [0.4, 0.5) is 5.82 Å². The zero-order chi connectivity index (χ0) is 13.0. The maximum atomic E-state index is 4.30. The van der Waals surface area contributed by atoms with Crippen LogP contribution in [0.3, 0.4) is 0 Å². The minimum Gasteiger partial charge on any atom is -0.369 e. The van der Waals surface area contributed by atoms with Gasteiger partial charge in [-0.2, -0.15) is 0 Å². The average Bonchev–Trinajstić information content (AvgIpc) is 2.38. The molecule has 0 aliphatic carbocycles. The van der Waals surface area contributed by atoms with Crippen LogP contribution < -0.4 is 5.32 Å². The standard InChI is InChI=1S/C14H16BrN3/c1-3-8-16-13-9-10(2)14(18-17-13)11-4-6-12(15)7-5-11/h4-7,9H,3,8H2,1-2H3,(H,16,17). The molecule has 0 radical (unpaired) electrons. The van der Waals surface area contributed by atoms with Gasteiger partial charge in [0.25, 0.3) is 0 Å². The number of nitrogens with one attached hydrogen (secondary N) is 1. The van der Waals surface area contributed by atoms with E-state index in [0.717, 1.165) is 40.1 Å². The second-order valence-corrected chi connectivity index (χ2v) is 5.11. The lowest BCUT2D eigenvalue weighted by Crippen LogP contribution is -2.04. The van der Waals surface area contributed by atoms with Gasteiger partial charge in [0, 0.05) is 16.6 Å². The van der Waals surface area contributed by atoms with E-state index in [0.29, 0.717) is 0 Å². The Morgan fingerprint density at radius 1 is 1.17 bits per heavy atom. The lowest BCUT2D eigenvalue weighted by atomic mass is 10.1. The van der Waals surface area contributed by atoms with E-state index in [1.54, 1.807) is 0 Å². The first-order valence-electron chi connectivity index (χ1n) is 6.05. The molecule has 0 unspecified atom stereocenters. The van der Waals surface area contributed by atoms with Crippen molar-refractivity contribution < 1.29 is 0 Å². The molecule has 94 valence electrons. The van der Waals surface area contributed by atoms with Gasteiger partial charge in [0.05, 0.1) is 5.69 Å². The van der Waals surface area contributed by atoms with Crippen LogP contribution in [-0.4, -0.2) is 16.7 Å². The average molecular weight is 306 g/mol. The van der Waals surface area contributed by atoms with Gasteiger partial charge in [-0.15, -0.1) is 10.2 Å². The molecule has 2 rings (SSSR count). The highest BCUT2D eigenvalue weighted by Crippen LogP contribution is 2.23. The van der Waals surface area contributed by atoms with E-state index >= 15 is 0 Å². The predicted octanol–water partition coefficient (Wildman–Crippen LogP) is 4.04. The van der Waals surface area contributed by atoms with Gasteiger partial charge in [-0.05, 0) is 37.1 Å². The summed E-state index contributed by atoms with van der Waals surface area (Å²) in [6.45, 7) is 5.11. The van der Waals surface area contributed by atoms with Crippen LogP contribution >= 0.6 is 15.9 Å². The SMILES string of the molecule is CCCNc1cc(C)c(-c2ccc(Br)cc2)nn1. The number of rotatable bonds is 4. The van der Waals surface area contributed by atoms with Crippen LogP contribution in [0.15, 0.2) is 34.8 Å². The molecule has 18 heavy (non-hydrogen) atoms. The Morgan fingerprint density at radius 2 is 1.89 bits per heavy atom. The zero-order valence-corrected chi connectivity index (χ0v) is 12.2. The van der Waals surface area contributed by atoms with Gasteiger partial charge < -0.3 is 5.32 Å². The molecule has 4 heteroatoms. The molecule has 0 bridgehead atoms. The predicted molar refractivity (Wildman–Crippen MR) is 78.7 cm³/mol. The third-order valence-electron chi connectivity index (χ3n) is 2.66. The molecule has 0 aliphatic heterocycles. The summed E-state index contributed by atoms with van der Waals surface area (Å²) in [6, 6.07) is 10.2. The van der Waals surface area contributed by atoms with E-state index in [4.69, 9.17) is 0 Å². The zero-order valence-electron chi connectivity index (χ0n) is 10.6. The van der Waals surface area contributed by atoms with E-state index in [9.17, 15) is 0 Å². The molecule has 0 spiro atoms. The third kappa shape index (κ3) is 3.07. The van der Waals surface area contributed by atoms with E-state index < -0.39 is 0 Å². The summed E-state index contributed by atoms with van der Waals surface area (Å²) in [6.07, 6.45) is 1.08. The summed E-state index contributed by atoms with van der Waals surface area (Å²) in [5.74, 6) is 0.843. The van der Waals surface area contributed by atoms with E-state index in [1.165, 1.54) is 0 Å². The van der Waals surface area contributed by atoms with Crippen molar-refractivity contribution in [3.63, 3.8) is 0 Å². The van der Waals surface area contributed by atoms with Crippen molar-refractivity contribution in [2.75, 3.05) is 11.9 Å². The molecule has 0 aliphatic rings. The van der Waals surface area contributed by atoms with E-state index in [1.807, 2.05) is 30.3 Å². The molecule has 2 aromatic rings. The summed E-state index contributed by atoms with van der Waals surface area (Å²) >= 11 is 3.43. The number of nitrogens with zero attached hydrogens (tertiary/aromatic N) is 2. The Balaban J connectivity index is 2.26. The van der Waals surface area contributed by atoms with Crippen molar-refractivity contribution in [3.05, 3.63) is 40.4 Å². The number of halogens is 1. The van der Waals surface area contributed by atoms with Gasteiger partial charge in [-0.1, -0.05) is 35.0 Å². The molecule has 0 fully saturated rings. The van der Waals surface area contributed by atoms with Gasteiger partial charge in [0.2, 0.25) is 0 Å². The largest absolute Gasteiger partial charge is 0.369 e. The molecule has 1 N–H and O–H groups in total. The van der Waals surface area contributed by atoms with Crippen molar-refractivity contribution in [1.82, 2.24) is 10.2 Å². The third-order valence-corrected chi connectivity index (χ3v) is 3.19. The molecule has 3 nitrogen and oxygen atoms in total. The van der Waals surface area contributed by atoms with E-state index in [-0.39, 0.29) is 0 Å². The Bertz CT molecular complexity index is 523. The Labute approximate surface area is 116 Å². The first-order chi connectivity index (χ1) is 8.70. The van der Waals surface area contributed by atoms with Gasteiger partial charge in [-0.25, -0.2) is 0 Å². The first kappa shape index (κ1) is 13.0. The second kappa shape index (κ2) is 5.96. The monoisotopic (exact) mass is 305 g/mol. The minimum atomic E-state index is 0.843. The number of aromatic nitrogens is 2. The Hall–Kier alpha value is -1.42. The quantitative estimate of drug-likeness (QED) is 0.926. The molecular formula is C14H16BrN3. The molecule has 0 atom stereocenters. The molecule has 0 amide bonds. The fraction of sp³-hybridized carbons (Fsp3) is 0.286. The van der Waals surface area contributed by atoms with Gasteiger partial charge in [0.15, 0.2) is 0 Å². The summed E-state index contributed by atoms with van der Waals surface area (Å²) in [5.41, 5.74) is 3.15. The fourth-order valence-corrected chi connectivity index (χ4v) is 1.98. The normalized spacial score (nSPS) is 10.4. The summed E-state index contributed by atoms with van der Waals surface area (Å²) in [5, 5.41) is 11.7. The van der Waals surface area contributed by atoms with Crippen molar-refractivity contribution in [1.29, 1.82) is 0 Å². The van der Waals surface area contributed by atoms with Crippen molar-refractivity contribution in [2.24, 2.45) is 0 Å². The highest BCUT2D eigenvalue weighted by Gasteiger charge is 2.05. The molecule has 1 aromatic heterocycles. The maximum Gasteiger partial charge on any atom is 0.148 e. The second-order valence-electron chi connectivity index (χ2n) is 4.19. The lowest BCUT2D eigenvalue weighted by Gasteiger charge is -2.08. The van der Waals surface area contributed by atoms with Crippen molar-refractivity contribution in [3.8, 4) is 11.3 Å². The van der Waals surface area contributed by atoms with Gasteiger partial charge in [0.1, 0.15) is 5.82 Å². The number of benzene rings is 1. The van der Waals surface area contributed by atoms with Crippen LogP contribution in [0.2, 0.25) is 0 Å². The minimum absolute atomic E-state index is 0.843. The number of hydrogen-bond acceptors (Lipinski definition) is 3. The van der Waals surface area contributed by atoms with Crippen molar-refractivity contribution >= 4 is 21.7 Å². The van der Waals surface area contributed by atoms with Crippen LogP contribution in [0, 0.1) is 6.92 Å². The Morgan fingerprint density at radius 3 is 2.50 bits per heavy atom. The van der Waals surface area contributed by atoms with Crippen LogP contribution in [0.1, 0.15) is 18.9 Å². The highest BCUT2D eigenvalue weighted by atomic mass is 79.9. The molecular weight excluding hydrogens is 290 g/mol. The fourth-order valence-electron chi connectivity index (χ4n) is 1.72. The first-order valence-corrected chi connectivity index (χ1v) is 6.84. The number of aryl methyl sites for hydroxylation is 1. The highest BCUT2D eigenvalue weighted by molar-refractivity contribution is 9.10. The van der Waals surface area contributed by atoms with E-state index in [2.05, 4.69) is 45.3 Å². The number of hydrogen-bond donors (Lipinski definition) is 1. The van der Waals surface area contributed by atoms with Crippen molar-refractivity contribution in [2.45, 2.75) is 20.3 Å². The van der Waals surface area contributed by atoms with Crippen LogP contribution in [-0.2, 0) is 0 Å². The van der Waals surface area contributed by atoms with Crippen LogP contribution in [0.5, 0.6) is 0 Å². The lowest BCUT2D eigenvalue weighted by molar-refractivity contribution is 0.941. The summed E-state index contributed by atoms with van der Waals surface area (Å²) in [4.78, 5) is 0. The maximum absolute atomic E-state index is 4.30. The molecule has 0 saturated carbocycles. The topological polar surface area (TPSA) is 37.8 Å². The number of anilines is 1. The smallest absolute Gasteiger partial charge is 0.148 e. The molecule has 1 heterocycles. The summed E-state index contributed by atoms with van der Waals surface area (Å²) in [7, 11) is 0. The van der Waals surface area contributed by atoms with Gasteiger partial charge >= 0.3 is 0 Å². The molecule has 1 aromatic carbocycles. The van der Waals surface area contributed by atoms with Crippen LogP contribution in [0.25, 0.3) is 11.3 Å².